The molecule has 1 saturated heterocycles. The van der Waals surface area contributed by atoms with Gasteiger partial charge in [0.15, 0.2) is 19.7 Å². The minimum absolute atomic E-state index is 0.0190. The van der Waals surface area contributed by atoms with Crippen molar-refractivity contribution in [1.82, 2.24) is 4.90 Å². The summed E-state index contributed by atoms with van der Waals surface area (Å²) < 4.78 is 51.6. The van der Waals surface area contributed by atoms with Crippen molar-refractivity contribution in [3.63, 3.8) is 0 Å². The van der Waals surface area contributed by atoms with Crippen molar-refractivity contribution < 1.29 is 26.4 Å². The van der Waals surface area contributed by atoms with Gasteiger partial charge in [0.05, 0.1) is 17.3 Å². The van der Waals surface area contributed by atoms with Crippen molar-refractivity contribution in [3.8, 4) is 5.75 Å². The van der Waals surface area contributed by atoms with Crippen LogP contribution in [0.5, 0.6) is 5.75 Å². The lowest BCUT2D eigenvalue weighted by atomic mass is 10.0. The van der Waals surface area contributed by atoms with Crippen molar-refractivity contribution in [2.45, 2.75) is 6.04 Å². The molecule has 0 spiro atoms. The number of sulfone groups is 2. The maximum atomic E-state index is 13.2. The monoisotopic (exact) mass is 466 g/mol. The third-order valence-electron chi connectivity index (χ3n) is 4.93. The molecule has 3 rings (SSSR count). The second-order valence-electron chi connectivity index (χ2n) is 7.50. The van der Waals surface area contributed by atoms with E-state index in [0.29, 0.717) is 11.4 Å². The predicted molar refractivity (Wildman–Crippen MR) is 120 cm³/mol. The van der Waals surface area contributed by atoms with Gasteiger partial charge in [0, 0.05) is 31.1 Å². The molecule has 168 valence electrons. The third-order valence-corrected chi connectivity index (χ3v) is 7.45. The number of rotatable bonds is 8. The molecule has 0 aliphatic carbocycles. The molecule has 1 heterocycles. The number of benzene rings is 2. The maximum absolute atomic E-state index is 13.2. The first-order valence-electron chi connectivity index (χ1n) is 9.84. The molecule has 1 fully saturated rings. The molecule has 1 atom stereocenters. The fraction of sp³-hybridized carbons (Fsp3) is 0.381. The van der Waals surface area contributed by atoms with Gasteiger partial charge in [-0.3, -0.25) is 9.69 Å². The number of hydrogen-bond donors (Lipinski definition) is 1. The molecule has 2 aromatic rings. The number of nitrogens with zero attached hydrogens (tertiary/aromatic N) is 1. The van der Waals surface area contributed by atoms with E-state index in [1.807, 2.05) is 35.2 Å². The van der Waals surface area contributed by atoms with Crippen LogP contribution in [0.4, 0.5) is 5.69 Å². The average molecular weight is 467 g/mol. The Morgan fingerprint density at radius 1 is 1.10 bits per heavy atom. The van der Waals surface area contributed by atoms with Gasteiger partial charge in [-0.1, -0.05) is 36.4 Å². The zero-order chi connectivity index (χ0) is 22.5. The molecule has 0 saturated carbocycles. The molecule has 1 N–H and O–H groups in total. The third kappa shape index (κ3) is 7.05. The van der Waals surface area contributed by atoms with Crippen LogP contribution in [0.15, 0.2) is 54.6 Å². The van der Waals surface area contributed by atoms with Gasteiger partial charge < -0.3 is 10.1 Å². The summed E-state index contributed by atoms with van der Waals surface area (Å²) >= 11 is 0. The predicted octanol–water partition coefficient (Wildman–Crippen LogP) is 1.52. The zero-order valence-corrected chi connectivity index (χ0v) is 18.9. The Labute approximate surface area is 183 Å². The molecule has 0 radical (unpaired) electrons. The second-order valence-corrected chi connectivity index (χ2v) is 12.1. The highest BCUT2D eigenvalue weighted by molar-refractivity contribution is 7.91. The Bertz CT molecular complexity index is 1100. The lowest BCUT2D eigenvalue weighted by Crippen LogP contribution is -2.46. The number of carbonyl (C=O) groups is 1. The van der Waals surface area contributed by atoms with E-state index in [1.54, 1.807) is 24.3 Å². The van der Waals surface area contributed by atoms with Crippen LogP contribution in [0.2, 0.25) is 0 Å². The maximum Gasteiger partial charge on any atom is 0.246 e. The van der Waals surface area contributed by atoms with Crippen molar-refractivity contribution >= 4 is 31.3 Å². The average Bonchev–Trinajstić information content (AvgIpc) is 2.70. The Morgan fingerprint density at radius 3 is 2.42 bits per heavy atom. The molecule has 1 unspecified atom stereocenters. The van der Waals surface area contributed by atoms with Gasteiger partial charge in [0.2, 0.25) is 5.91 Å². The summed E-state index contributed by atoms with van der Waals surface area (Å²) in [5.41, 5.74) is 1.28. The standard InChI is InChI=1S/C21H26N2O6S2/c1-30(25,26)15-12-29-19-9-5-8-18(16-19)22-21(24)20(17-6-3-2-4-7-17)23-10-13-31(27,28)14-11-23/h2-9,16,20H,10-15H2,1H3,(H,22,24). The highest BCUT2D eigenvalue weighted by Crippen LogP contribution is 2.26. The van der Waals surface area contributed by atoms with Crippen LogP contribution in [0.25, 0.3) is 0 Å². The number of amides is 1. The van der Waals surface area contributed by atoms with Gasteiger partial charge in [-0.15, -0.1) is 0 Å². The topological polar surface area (TPSA) is 110 Å². The molecule has 2 aromatic carbocycles. The molecule has 8 nitrogen and oxygen atoms in total. The normalized spacial score (nSPS) is 17.6. The fourth-order valence-corrected chi connectivity index (χ4v) is 4.95. The molecule has 10 heteroatoms. The van der Waals surface area contributed by atoms with Gasteiger partial charge in [0.1, 0.15) is 18.4 Å². The van der Waals surface area contributed by atoms with Crippen LogP contribution < -0.4 is 10.1 Å². The van der Waals surface area contributed by atoms with Crippen LogP contribution in [-0.4, -0.2) is 70.9 Å². The smallest absolute Gasteiger partial charge is 0.246 e. The highest BCUT2D eigenvalue weighted by Gasteiger charge is 2.32. The number of hydrogen-bond acceptors (Lipinski definition) is 7. The minimum atomic E-state index is -3.13. The SMILES string of the molecule is CS(=O)(=O)CCOc1cccc(NC(=O)C(c2ccccc2)N2CCS(=O)(=O)CC2)c1. The van der Waals surface area contributed by atoms with Gasteiger partial charge in [-0.05, 0) is 17.7 Å². The van der Waals surface area contributed by atoms with E-state index in [1.165, 1.54) is 0 Å². The van der Waals surface area contributed by atoms with Gasteiger partial charge >= 0.3 is 0 Å². The number of anilines is 1. The molecule has 1 amide bonds. The Kier molecular flexibility index (Phi) is 7.34. The van der Waals surface area contributed by atoms with Crippen molar-refractivity contribution in [2.75, 3.05) is 48.5 Å². The first-order chi connectivity index (χ1) is 14.6. The molecular formula is C21H26N2O6S2. The molecule has 1 aliphatic heterocycles. The highest BCUT2D eigenvalue weighted by atomic mass is 32.2. The second kappa shape index (κ2) is 9.80. The summed E-state index contributed by atoms with van der Waals surface area (Å²) in [7, 11) is -6.20. The Balaban J connectivity index is 1.74. The van der Waals surface area contributed by atoms with E-state index in [4.69, 9.17) is 4.74 Å². The lowest BCUT2D eigenvalue weighted by molar-refractivity contribution is -0.121. The number of nitrogens with one attached hydrogen (secondary N) is 1. The summed E-state index contributed by atoms with van der Waals surface area (Å²) in [6.07, 6.45) is 1.14. The van der Waals surface area contributed by atoms with Crippen LogP contribution in [0, 0.1) is 0 Å². The Morgan fingerprint density at radius 2 is 1.77 bits per heavy atom. The number of ether oxygens (including phenoxy) is 1. The van der Waals surface area contributed by atoms with E-state index in [-0.39, 0.29) is 42.9 Å². The summed E-state index contributed by atoms with van der Waals surface area (Å²) in [6, 6.07) is 15.3. The van der Waals surface area contributed by atoms with Crippen LogP contribution in [0.1, 0.15) is 11.6 Å². The van der Waals surface area contributed by atoms with Crippen LogP contribution >= 0.6 is 0 Å². The molecule has 31 heavy (non-hydrogen) atoms. The minimum Gasteiger partial charge on any atom is -0.492 e. The summed E-state index contributed by atoms with van der Waals surface area (Å²) in [4.78, 5) is 15.1. The van der Waals surface area contributed by atoms with Gasteiger partial charge in [-0.2, -0.15) is 0 Å². The van der Waals surface area contributed by atoms with Crippen LogP contribution in [0.3, 0.4) is 0 Å². The molecule has 0 aromatic heterocycles. The molecular weight excluding hydrogens is 440 g/mol. The molecule has 1 aliphatic rings. The van der Waals surface area contributed by atoms with Gasteiger partial charge in [0.25, 0.3) is 0 Å². The van der Waals surface area contributed by atoms with Crippen molar-refractivity contribution in [1.29, 1.82) is 0 Å². The lowest BCUT2D eigenvalue weighted by Gasteiger charge is -2.33. The summed E-state index contributed by atoms with van der Waals surface area (Å²) in [5, 5.41) is 2.88. The molecule has 0 bridgehead atoms. The van der Waals surface area contributed by atoms with E-state index in [2.05, 4.69) is 5.32 Å². The van der Waals surface area contributed by atoms with Crippen molar-refractivity contribution in [2.24, 2.45) is 0 Å². The zero-order valence-electron chi connectivity index (χ0n) is 17.2. The first-order valence-corrected chi connectivity index (χ1v) is 13.7. The van der Waals surface area contributed by atoms with Gasteiger partial charge in [-0.25, -0.2) is 16.8 Å². The summed E-state index contributed by atoms with van der Waals surface area (Å²) in [6.45, 7) is 0.582. The van der Waals surface area contributed by atoms with Crippen molar-refractivity contribution in [3.05, 3.63) is 60.2 Å². The van der Waals surface area contributed by atoms with E-state index in [0.717, 1.165) is 11.8 Å². The first kappa shape index (κ1) is 23.2. The van der Waals surface area contributed by atoms with E-state index >= 15 is 0 Å². The summed E-state index contributed by atoms with van der Waals surface area (Å²) in [5.74, 6) is 0.110. The van der Waals surface area contributed by atoms with E-state index < -0.39 is 25.7 Å². The quantitative estimate of drug-likeness (QED) is 0.628. The Hall–Kier alpha value is -2.43. The van der Waals surface area contributed by atoms with Crippen LogP contribution in [-0.2, 0) is 24.5 Å². The van der Waals surface area contributed by atoms with E-state index in [9.17, 15) is 21.6 Å². The fourth-order valence-electron chi connectivity index (χ4n) is 3.33. The largest absolute Gasteiger partial charge is 0.492 e. The number of carbonyl (C=O) groups excluding carboxylic acids is 1.